The van der Waals surface area contributed by atoms with Gasteiger partial charge in [0.2, 0.25) is 0 Å². The van der Waals surface area contributed by atoms with E-state index in [0.29, 0.717) is 6.04 Å². The van der Waals surface area contributed by atoms with Gasteiger partial charge in [0.15, 0.2) is 0 Å². The number of benzene rings is 1. The lowest BCUT2D eigenvalue weighted by Crippen LogP contribution is -2.48. The third kappa shape index (κ3) is 3.97. The molecule has 2 nitrogen and oxygen atoms in total. The van der Waals surface area contributed by atoms with Gasteiger partial charge in [-0.1, -0.05) is 24.1 Å². The molecule has 1 aliphatic carbocycles. The number of piperazine rings is 1. The summed E-state index contributed by atoms with van der Waals surface area (Å²) in [5, 5.41) is 3.49. The Morgan fingerprint density at radius 3 is 2.00 bits per heavy atom. The standard InChI is InChI=1S/C18H28N2.2ClH/c1-13-11-14(2)17(15(3)12-13)18(16-5-4-6-16)20-9-7-19-8-10-20;;/h11-12,16,18-19H,4-10H2,1-3H3;2*1H/t18-;;/m0../s1. The molecule has 22 heavy (non-hydrogen) atoms. The van der Waals surface area contributed by atoms with E-state index in [9.17, 15) is 0 Å². The van der Waals surface area contributed by atoms with E-state index in [1.807, 2.05) is 0 Å². The van der Waals surface area contributed by atoms with Gasteiger partial charge in [0.25, 0.3) is 0 Å². The van der Waals surface area contributed by atoms with Crippen LogP contribution in [0.15, 0.2) is 12.1 Å². The molecule has 1 atom stereocenters. The Labute approximate surface area is 147 Å². The van der Waals surface area contributed by atoms with E-state index < -0.39 is 0 Å². The molecule has 2 aliphatic rings. The van der Waals surface area contributed by atoms with Crippen molar-refractivity contribution in [2.24, 2.45) is 5.92 Å². The highest BCUT2D eigenvalue weighted by molar-refractivity contribution is 5.85. The first-order valence-electron chi connectivity index (χ1n) is 8.19. The Bertz CT molecular complexity index is 457. The Morgan fingerprint density at radius 1 is 1.00 bits per heavy atom. The second-order valence-electron chi connectivity index (χ2n) is 6.73. The predicted molar refractivity (Wildman–Crippen MR) is 99.7 cm³/mol. The van der Waals surface area contributed by atoms with Crippen LogP contribution in [0.3, 0.4) is 0 Å². The molecule has 3 rings (SSSR count). The van der Waals surface area contributed by atoms with Crippen LogP contribution in [0.4, 0.5) is 0 Å². The Balaban J connectivity index is 0.00000121. The Kier molecular flexibility index (Phi) is 7.67. The fraction of sp³-hybridized carbons (Fsp3) is 0.667. The monoisotopic (exact) mass is 344 g/mol. The molecule has 1 heterocycles. The fourth-order valence-electron chi connectivity index (χ4n) is 4.09. The van der Waals surface area contributed by atoms with Gasteiger partial charge >= 0.3 is 0 Å². The van der Waals surface area contributed by atoms with E-state index in [1.165, 1.54) is 49.0 Å². The van der Waals surface area contributed by atoms with Crippen LogP contribution in [0, 0.1) is 26.7 Å². The van der Waals surface area contributed by atoms with Crippen molar-refractivity contribution in [1.29, 1.82) is 0 Å². The number of aryl methyl sites for hydroxylation is 3. The SMILES string of the molecule is Cc1cc(C)c([C@H](C2CCC2)N2CCNCC2)c(C)c1.Cl.Cl. The number of nitrogens with one attached hydrogen (secondary N) is 1. The van der Waals surface area contributed by atoms with Crippen molar-refractivity contribution in [3.8, 4) is 0 Å². The van der Waals surface area contributed by atoms with Gasteiger partial charge in [-0.25, -0.2) is 0 Å². The lowest BCUT2D eigenvalue weighted by atomic mass is 9.74. The van der Waals surface area contributed by atoms with Crippen LogP contribution < -0.4 is 5.32 Å². The van der Waals surface area contributed by atoms with Gasteiger partial charge in [0, 0.05) is 32.2 Å². The third-order valence-electron chi connectivity index (χ3n) is 5.18. The molecule has 0 unspecified atom stereocenters. The van der Waals surface area contributed by atoms with Crippen molar-refractivity contribution in [2.75, 3.05) is 26.2 Å². The van der Waals surface area contributed by atoms with Gasteiger partial charge in [-0.15, -0.1) is 24.8 Å². The summed E-state index contributed by atoms with van der Waals surface area (Å²) >= 11 is 0. The summed E-state index contributed by atoms with van der Waals surface area (Å²) in [6, 6.07) is 5.40. The molecule has 0 bridgehead atoms. The Hall–Kier alpha value is -0.280. The molecule has 0 amide bonds. The molecule has 126 valence electrons. The highest BCUT2D eigenvalue weighted by Crippen LogP contribution is 2.43. The van der Waals surface area contributed by atoms with E-state index in [1.54, 1.807) is 5.56 Å². The van der Waals surface area contributed by atoms with Crippen LogP contribution in [-0.4, -0.2) is 31.1 Å². The Morgan fingerprint density at radius 2 is 1.55 bits per heavy atom. The fourth-order valence-corrected chi connectivity index (χ4v) is 4.09. The van der Waals surface area contributed by atoms with Crippen LogP contribution in [0.2, 0.25) is 0 Å². The van der Waals surface area contributed by atoms with E-state index in [-0.39, 0.29) is 24.8 Å². The molecule has 1 saturated carbocycles. The van der Waals surface area contributed by atoms with Gasteiger partial charge < -0.3 is 5.32 Å². The van der Waals surface area contributed by atoms with Crippen LogP contribution in [0.1, 0.15) is 47.6 Å². The first-order valence-corrected chi connectivity index (χ1v) is 8.19. The molecular weight excluding hydrogens is 315 g/mol. The number of halogens is 2. The van der Waals surface area contributed by atoms with Crippen LogP contribution in [0.25, 0.3) is 0 Å². The smallest absolute Gasteiger partial charge is 0.0382 e. The van der Waals surface area contributed by atoms with Crippen molar-refractivity contribution >= 4 is 24.8 Å². The highest BCUT2D eigenvalue weighted by Gasteiger charge is 2.35. The third-order valence-corrected chi connectivity index (χ3v) is 5.18. The van der Waals surface area contributed by atoms with E-state index in [2.05, 4.69) is 43.1 Å². The summed E-state index contributed by atoms with van der Waals surface area (Å²) < 4.78 is 0. The van der Waals surface area contributed by atoms with Gasteiger partial charge in [0.05, 0.1) is 0 Å². The maximum atomic E-state index is 3.49. The zero-order chi connectivity index (χ0) is 14.1. The van der Waals surface area contributed by atoms with Crippen molar-refractivity contribution in [1.82, 2.24) is 10.2 Å². The molecule has 1 aromatic rings. The highest BCUT2D eigenvalue weighted by atomic mass is 35.5. The average molecular weight is 345 g/mol. The van der Waals surface area contributed by atoms with Crippen LogP contribution in [-0.2, 0) is 0 Å². The van der Waals surface area contributed by atoms with Crippen LogP contribution in [0.5, 0.6) is 0 Å². The molecule has 1 N–H and O–H groups in total. The quantitative estimate of drug-likeness (QED) is 0.883. The lowest BCUT2D eigenvalue weighted by Gasteiger charge is -2.44. The first-order chi connectivity index (χ1) is 9.66. The van der Waals surface area contributed by atoms with Crippen LogP contribution >= 0.6 is 24.8 Å². The van der Waals surface area contributed by atoms with Gasteiger partial charge in [0.1, 0.15) is 0 Å². The van der Waals surface area contributed by atoms with Gasteiger partial charge in [-0.3, -0.25) is 4.90 Å². The van der Waals surface area contributed by atoms with Crippen molar-refractivity contribution < 1.29 is 0 Å². The molecule has 1 saturated heterocycles. The summed E-state index contributed by atoms with van der Waals surface area (Å²) in [6.45, 7) is 11.5. The summed E-state index contributed by atoms with van der Waals surface area (Å²) in [5.41, 5.74) is 6.02. The lowest BCUT2D eigenvalue weighted by molar-refractivity contribution is 0.0828. The molecular formula is C18H30Cl2N2. The van der Waals surface area contributed by atoms with E-state index in [4.69, 9.17) is 0 Å². The number of nitrogens with zero attached hydrogens (tertiary/aromatic N) is 1. The van der Waals surface area contributed by atoms with Crippen molar-refractivity contribution in [3.63, 3.8) is 0 Å². The minimum Gasteiger partial charge on any atom is -0.314 e. The normalized spacial score (nSPS) is 20.5. The zero-order valence-electron chi connectivity index (χ0n) is 14.0. The number of rotatable bonds is 3. The van der Waals surface area contributed by atoms with Gasteiger partial charge in [-0.05, 0) is 56.2 Å². The van der Waals surface area contributed by atoms with Crippen molar-refractivity contribution in [3.05, 3.63) is 34.4 Å². The molecule has 1 aromatic carbocycles. The maximum Gasteiger partial charge on any atom is 0.0382 e. The molecule has 0 aromatic heterocycles. The minimum absolute atomic E-state index is 0. The summed E-state index contributed by atoms with van der Waals surface area (Å²) in [5.74, 6) is 0.883. The zero-order valence-corrected chi connectivity index (χ0v) is 15.7. The summed E-state index contributed by atoms with van der Waals surface area (Å²) in [6.07, 6.45) is 4.26. The summed E-state index contributed by atoms with van der Waals surface area (Å²) in [4.78, 5) is 2.74. The average Bonchev–Trinajstić information content (AvgIpc) is 2.35. The van der Waals surface area contributed by atoms with E-state index >= 15 is 0 Å². The number of hydrogen-bond acceptors (Lipinski definition) is 2. The first kappa shape index (κ1) is 19.8. The van der Waals surface area contributed by atoms with E-state index in [0.717, 1.165) is 19.0 Å². The molecule has 1 aliphatic heterocycles. The number of hydrogen-bond donors (Lipinski definition) is 1. The largest absolute Gasteiger partial charge is 0.314 e. The minimum atomic E-state index is 0. The summed E-state index contributed by atoms with van der Waals surface area (Å²) in [7, 11) is 0. The van der Waals surface area contributed by atoms with Crippen molar-refractivity contribution in [2.45, 2.75) is 46.1 Å². The predicted octanol–water partition coefficient (Wildman–Crippen LogP) is 4.20. The van der Waals surface area contributed by atoms with Gasteiger partial charge in [-0.2, -0.15) is 0 Å². The molecule has 4 heteroatoms. The molecule has 0 spiro atoms. The molecule has 2 fully saturated rings. The topological polar surface area (TPSA) is 15.3 Å². The second kappa shape index (κ2) is 8.54. The molecule has 0 radical (unpaired) electrons. The maximum absolute atomic E-state index is 3.49. The second-order valence-corrected chi connectivity index (χ2v) is 6.73.